The molecule has 0 bridgehead atoms. The molecule has 0 saturated carbocycles. The smallest absolute Gasteiger partial charge is 0.319 e. The molecule has 0 atom stereocenters. The van der Waals surface area contributed by atoms with Crippen molar-refractivity contribution < 1.29 is 4.79 Å². The summed E-state index contributed by atoms with van der Waals surface area (Å²) in [4.78, 5) is 16.2. The number of benzene rings is 2. The number of nitrogens with one attached hydrogen (secondary N) is 2. The van der Waals surface area contributed by atoms with Crippen LogP contribution in [0.1, 0.15) is 5.56 Å². The summed E-state index contributed by atoms with van der Waals surface area (Å²) < 4.78 is 4.24. The highest BCUT2D eigenvalue weighted by Gasteiger charge is 2.09. The van der Waals surface area contributed by atoms with Gasteiger partial charge in [0.25, 0.3) is 0 Å². The van der Waals surface area contributed by atoms with Crippen LogP contribution in [0.3, 0.4) is 0 Å². The van der Waals surface area contributed by atoms with Crippen LogP contribution in [-0.2, 0) is 13.1 Å². The number of nitrogens with zero attached hydrogens (tertiary/aromatic N) is 3. The molecule has 6 nitrogen and oxygen atoms in total. The maximum absolute atomic E-state index is 12.0. The third kappa shape index (κ3) is 4.00. The maximum atomic E-state index is 12.0. The molecule has 0 radical (unpaired) electrons. The number of aromatic nitrogens is 3. The monoisotopic (exact) mass is 359 g/mol. The lowest BCUT2D eigenvalue weighted by Crippen LogP contribution is -2.31. The van der Waals surface area contributed by atoms with Gasteiger partial charge < -0.3 is 19.8 Å². The minimum atomic E-state index is -0.198. The first kappa shape index (κ1) is 16.9. The van der Waals surface area contributed by atoms with Gasteiger partial charge in [-0.3, -0.25) is 0 Å². The van der Waals surface area contributed by atoms with Gasteiger partial charge in [0.2, 0.25) is 0 Å². The van der Waals surface area contributed by atoms with Gasteiger partial charge in [0.15, 0.2) is 0 Å². The van der Waals surface area contributed by atoms with Crippen LogP contribution in [0.15, 0.2) is 79.5 Å². The van der Waals surface area contributed by atoms with E-state index in [1.54, 1.807) is 6.20 Å². The predicted molar refractivity (Wildman–Crippen MR) is 107 cm³/mol. The van der Waals surface area contributed by atoms with Gasteiger partial charge in [-0.2, -0.15) is 0 Å². The first-order chi connectivity index (χ1) is 13.3. The van der Waals surface area contributed by atoms with Crippen LogP contribution in [-0.4, -0.2) is 26.7 Å². The molecule has 136 valence electrons. The Morgan fingerprint density at radius 1 is 1.04 bits per heavy atom. The fourth-order valence-corrected chi connectivity index (χ4v) is 3.20. The number of imidazole rings is 1. The molecule has 0 fully saturated rings. The molecule has 2 aromatic carbocycles. The van der Waals surface area contributed by atoms with E-state index in [1.807, 2.05) is 48.9 Å². The number of rotatable bonds is 6. The second-order valence-electron chi connectivity index (χ2n) is 6.35. The Labute approximate surface area is 157 Å². The Balaban J connectivity index is 1.42. The van der Waals surface area contributed by atoms with Crippen LogP contribution in [0, 0.1) is 0 Å². The zero-order valence-corrected chi connectivity index (χ0v) is 14.9. The predicted octanol–water partition coefficient (Wildman–Crippen LogP) is 3.71. The van der Waals surface area contributed by atoms with Crippen molar-refractivity contribution in [3.8, 4) is 0 Å². The highest BCUT2D eigenvalue weighted by Crippen LogP contribution is 2.22. The summed E-state index contributed by atoms with van der Waals surface area (Å²) in [5.74, 6) is 0. The Bertz CT molecular complexity index is 1020. The third-order valence-electron chi connectivity index (χ3n) is 4.45. The molecular weight excluding hydrogens is 338 g/mol. The molecule has 0 aliphatic rings. The minimum Gasteiger partial charge on any atom is -0.345 e. The molecule has 2 amide bonds. The van der Waals surface area contributed by atoms with Gasteiger partial charge in [0.05, 0.1) is 12.9 Å². The van der Waals surface area contributed by atoms with E-state index in [-0.39, 0.29) is 6.03 Å². The first-order valence-corrected chi connectivity index (χ1v) is 8.92. The van der Waals surface area contributed by atoms with Gasteiger partial charge in [0, 0.05) is 48.3 Å². The van der Waals surface area contributed by atoms with Gasteiger partial charge in [-0.15, -0.1) is 0 Å². The van der Waals surface area contributed by atoms with Crippen molar-refractivity contribution in [1.29, 1.82) is 0 Å². The third-order valence-corrected chi connectivity index (χ3v) is 4.45. The summed E-state index contributed by atoms with van der Waals surface area (Å²) in [5, 5.41) is 6.97. The van der Waals surface area contributed by atoms with E-state index in [0.29, 0.717) is 13.1 Å². The van der Waals surface area contributed by atoms with E-state index < -0.39 is 0 Å². The van der Waals surface area contributed by atoms with Crippen molar-refractivity contribution in [3.63, 3.8) is 0 Å². The number of amides is 2. The molecular formula is C21H21N5O. The SMILES string of the molecule is O=C(NCCn1cc(Cn2ccnc2)c2ccccc21)Nc1ccccc1. The lowest BCUT2D eigenvalue weighted by molar-refractivity contribution is 0.251. The van der Waals surface area contributed by atoms with Crippen molar-refractivity contribution in [3.05, 3.63) is 85.1 Å². The number of urea groups is 1. The fraction of sp³-hybridized carbons (Fsp3) is 0.143. The summed E-state index contributed by atoms with van der Waals surface area (Å²) in [6, 6.07) is 17.6. The highest BCUT2D eigenvalue weighted by atomic mass is 16.2. The normalized spacial score (nSPS) is 10.8. The summed E-state index contributed by atoms with van der Waals surface area (Å²) in [6.07, 6.45) is 7.72. The molecule has 0 unspecified atom stereocenters. The van der Waals surface area contributed by atoms with Crippen LogP contribution >= 0.6 is 0 Å². The number of hydrogen-bond donors (Lipinski definition) is 2. The second-order valence-corrected chi connectivity index (χ2v) is 6.35. The van der Waals surface area contributed by atoms with E-state index in [2.05, 4.69) is 49.1 Å². The summed E-state index contributed by atoms with van der Waals surface area (Å²) in [7, 11) is 0. The van der Waals surface area contributed by atoms with E-state index >= 15 is 0 Å². The van der Waals surface area contributed by atoms with Crippen molar-refractivity contribution in [2.24, 2.45) is 0 Å². The summed E-state index contributed by atoms with van der Waals surface area (Å²) in [6.45, 7) is 2.02. The van der Waals surface area contributed by atoms with E-state index in [0.717, 1.165) is 17.7 Å². The number of hydrogen-bond acceptors (Lipinski definition) is 2. The zero-order valence-electron chi connectivity index (χ0n) is 14.9. The fourth-order valence-electron chi connectivity index (χ4n) is 3.20. The van der Waals surface area contributed by atoms with Gasteiger partial charge in [-0.25, -0.2) is 9.78 Å². The minimum absolute atomic E-state index is 0.198. The van der Waals surface area contributed by atoms with Crippen molar-refractivity contribution in [1.82, 2.24) is 19.4 Å². The van der Waals surface area contributed by atoms with Crippen molar-refractivity contribution in [2.45, 2.75) is 13.1 Å². The second kappa shape index (κ2) is 7.78. The van der Waals surface area contributed by atoms with Crippen LogP contribution in [0.4, 0.5) is 10.5 Å². The Kier molecular flexibility index (Phi) is 4.87. The van der Waals surface area contributed by atoms with Crippen molar-refractivity contribution >= 4 is 22.6 Å². The zero-order chi connectivity index (χ0) is 18.5. The molecule has 2 aromatic heterocycles. The number of para-hydroxylation sites is 2. The number of carbonyl (C=O) groups excluding carboxylic acids is 1. The number of anilines is 1. The average molecular weight is 359 g/mol. The van der Waals surface area contributed by atoms with E-state index in [4.69, 9.17) is 0 Å². The molecule has 6 heteroatoms. The Morgan fingerprint density at radius 2 is 1.85 bits per heavy atom. The maximum Gasteiger partial charge on any atom is 0.319 e. The lowest BCUT2D eigenvalue weighted by atomic mass is 10.2. The molecule has 0 aliphatic heterocycles. The molecule has 27 heavy (non-hydrogen) atoms. The van der Waals surface area contributed by atoms with Gasteiger partial charge in [-0.05, 0) is 23.8 Å². The standard InChI is InChI=1S/C21H21N5O/c27-21(24-18-6-2-1-3-7-18)23-11-13-26-15-17(14-25-12-10-22-16-25)19-8-4-5-9-20(19)26/h1-10,12,15-16H,11,13-14H2,(H2,23,24,27). The van der Waals surface area contributed by atoms with Crippen LogP contribution < -0.4 is 10.6 Å². The number of fused-ring (bicyclic) bond motifs is 1. The molecule has 0 spiro atoms. The summed E-state index contributed by atoms with van der Waals surface area (Å²) >= 11 is 0. The van der Waals surface area contributed by atoms with E-state index in [1.165, 1.54) is 10.9 Å². The quantitative estimate of drug-likeness (QED) is 0.551. The van der Waals surface area contributed by atoms with Gasteiger partial charge >= 0.3 is 6.03 Å². The van der Waals surface area contributed by atoms with Gasteiger partial charge in [0.1, 0.15) is 0 Å². The van der Waals surface area contributed by atoms with Gasteiger partial charge in [-0.1, -0.05) is 36.4 Å². The molecule has 2 N–H and O–H groups in total. The molecule has 0 aliphatic carbocycles. The highest BCUT2D eigenvalue weighted by molar-refractivity contribution is 5.89. The van der Waals surface area contributed by atoms with Crippen LogP contribution in [0.25, 0.3) is 10.9 Å². The molecule has 4 aromatic rings. The van der Waals surface area contributed by atoms with Crippen LogP contribution in [0.5, 0.6) is 0 Å². The lowest BCUT2D eigenvalue weighted by Gasteiger charge is -2.09. The molecule has 0 saturated heterocycles. The number of carbonyl (C=O) groups is 1. The molecule has 2 heterocycles. The molecule has 4 rings (SSSR count). The topological polar surface area (TPSA) is 63.9 Å². The Hall–Kier alpha value is -3.54. The Morgan fingerprint density at radius 3 is 2.67 bits per heavy atom. The summed E-state index contributed by atoms with van der Waals surface area (Å²) in [5.41, 5.74) is 3.18. The largest absolute Gasteiger partial charge is 0.345 e. The van der Waals surface area contributed by atoms with Crippen molar-refractivity contribution in [2.75, 3.05) is 11.9 Å². The van der Waals surface area contributed by atoms with Crippen LogP contribution in [0.2, 0.25) is 0 Å². The first-order valence-electron chi connectivity index (χ1n) is 8.92. The van der Waals surface area contributed by atoms with E-state index in [9.17, 15) is 4.79 Å². The average Bonchev–Trinajstić information content (AvgIpc) is 3.32.